The minimum atomic E-state index is -0.326. The van der Waals surface area contributed by atoms with Crippen molar-refractivity contribution in [3.8, 4) is 11.5 Å². The molecule has 2 aromatic rings. The second-order valence-electron chi connectivity index (χ2n) is 4.86. The van der Waals surface area contributed by atoms with Crippen LogP contribution in [0.25, 0.3) is 0 Å². The number of anilines is 1. The molecule has 0 heterocycles. The van der Waals surface area contributed by atoms with Crippen molar-refractivity contribution in [3.63, 3.8) is 0 Å². The predicted molar refractivity (Wildman–Crippen MR) is 91.7 cm³/mol. The highest BCUT2D eigenvalue weighted by molar-refractivity contribution is 6.32. The molecule has 2 N–H and O–H groups in total. The van der Waals surface area contributed by atoms with Crippen LogP contribution in [0, 0.1) is 6.92 Å². The highest BCUT2D eigenvalue weighted by Crippen LogP contribution is 2.25. The normalized spacial score (nSPS) is 10.0. The number of ether oxygens (including phenoxy) is 2. The van der Waals surface area contributed by atoms with E-state index in [1.165, 1.54) is 0 Å². The Balaban J connectivity index is 1.78. The lowest BCUT2D eigenvalue weighted by Gasteiger charge is -2.12. The van der Waals surface area contributed by atoms with E-state index in [0.29, 0.717) is 35.4 Å². The molecule has 0 saturated carbocycles. The summed E-state index contributed by atoms with van der Waals surface area (Å²) in [4.78, 5) is 11.9. The first-order valence-electron chi connectivity index (χ1n) is 7.17. The van der Waals surface area contributed by atoms with Crippen molar-refractivity contribution < 1.29 is 14.3 Å². The summed E-state index contributed by atoms with van der Waals surface area (Å²) in [7, 11) is 1.55. The van der Waals surface area contributed by atoms with Crippen LogP contribution < -0.4 is 20.1 Å². The van der Waals surface area contributed by atoms with Crippen LogP contribution in [0.15, 0.2) is 42.5 Å². The summed E-state index contributed by atoms with van der Waals surface area (Å²) >= 11 is 6.04. The van der Waals surface area contributed by atoms with Crippen LogP contribution in [0.1, 0.15) is 5.56 Å². The van der Waals surface area contributed by atoms with Gasteiger partial charge in [0, 0.05) is 0 Å². The molecular weight excluding hydrogens is 316 g/mol. The summed E-state index contributed by atoms with van der Waals surface area (Å²) < 4.78 is 10.7. The van der Waals surface area contributed by atoms with Crippen molar-refractivity contribution >= 4 is 23.3 Å². The largest absolute Gasteiger partial charge is 0.495 e. The molecule has 5 nitrogen and oxygen atoms in total. The molecule has 0 aromatic heterocycles. The zero-order chi connectivity index (χ0) is 16.7. The van der Waals surface area contributed by atoms with E-state index >= 15 is 0 Å². The maximum absolute atomic E-state index is 11.9. The number of urea groups is 1. The van der Waals surface area contributed by atoms with Gasteiger partial charge < -0.3 is 20.1 Å². The van der Waals surface area contributed by atoms with Crippen LogP contribution in [0.5, 0.6) is 11.5 Å². The molecule has 0 unspecified atom stereocenters. The van der Waals surface area contributed by atoms with E-state index < -0.39 is 0 Å². The Kier molecular flexibility index (Phi) is 6.11. The molecule has 2 aromatic carbocycles. The van der Waals surface area contributed by atoms with Crippen LogP contribution in [-0.4, -0.2) is 26.3 Å². The molecule has 6 heteroatoms. The Morgan fingerprint density at radius 1 is 1.17 bits per heavy atom. The first kappa shape index (κ1) is 17.0. The van der Waals surface area contributed by atoms with E-state index in [2.05, 4.69) is 10.6 Å². The zero-order valence-electron chi connectivity index (χ0n) is 13.1. The maximum Gasteiger partial charge on any atom is 0.319 e. The van der Waals surface area contributed by atoms with E-state index in [1.807, 2.05) is 31.2 Å². The van der Waals surface area contributed by atoms with Gasteiger partial charge in [-0.1, -0.05) is 29.8 Å². The van der Waals surface area contributed by atoms with Crippen molar-refractivity contribution in [3.05, 3.63) is 53.1 Å². The van der Waals surface area contributed by atoms with Gasteiger partial charge in [0.25, 0.3) is 0 Å². The van der Waals surface area contributed by atoms with Gasteiger partial charge in [0.1, 0.15) is 18.1 Å². The Morgan fingerprint density at radius 2 is 1.96 bits per heavy atom. The Hall–Kier alpha value is -2.40. The number of para-hydroxylation sites is 2. The Morgan fingerprint density at radius 3 is 2.74 bits per heavy atom. The van der Waals surface area contributed by atoms with Gasteiger partial charge in [-0.05, 0) is 36.8 Å². The van der Waals surface area contributed by atoms with E-state index in [9.17, 15) is 4.79 Å². The average Bonchev–Trinajstić information content (AvgIpc) is 2.55. The number of hydrogen-bond donors (Lipinski definition) is 2. The molecule has 0 fully saturated rings. The number of halogens is 1. The number of amides is 2. The molecular formula is C17H19ClN2O3. The van der Waals surface area contributed by atoms with Crippen LogP contribution in [0.4, 0.5) is 10.5 Å². The number of rotatable bonds is 6. The molecule has 0 bridgehead atoms. The van der Waals surface area contributed by atoms with Gasteiger partial charge in [0.15, 0.2) is 0 Å². The molecule has 0 aliphatic heterocycles. The number of aryl methyl sites for hydroxylation is 1. The summed E-state index contributed by atoms with van der Waals surface area (Å²) in [5.74, 6) is 1.21. The molecule has 2 rings (SSSR count). The summed E-state index contributed by atoms with van der Waals surface area (Å²) in [5, 5.41) is 5.99. The third-order valence-corrected chi connectivity index (χ3v) is 3.40. The second kappa shape index (κ2) is 8.29. The number of hydrogen-bond acceptors (Lipinski definition) is 3. The van der Waals surface area contributed by atoms with Crippen molar-refractivity contribution in [2.24, 2.45) is 0 Å². The smallest absolute Gasteiger partial charge is 0.319 e. The predicted octanol–water partition coefficient (Wildman–Crippen LogP) is 3.86. The van der Waals surface area contributed by atoms with Crippen molar-refractivity contribution in [2.45, 2.75) is 6.92 Å². The van der Waals surface area contributed by atoms with Gasteiger partial charge in [-0.25, -0.2) is 4.79 Å². The van der Waals surface area contributed by atoms with Gasteiger partial charge in [-0.3, -0.25) is 0 Å². The molecule has 0 aliphatic carbocycles. The Labute approximate surface area is 140 Å². The lowest BCUT2D eigenvalue weighted by molar-refractivity contribution is 0.247. The average molecular weight is 335 g/mol. The third kappa shape index (κ3) is 5.07. The molecule has 0 radical (unpaired) electrons. The number of nitrogens with one attached hydrogen (secondary N) is 2. The SMILES string of the molecule is COc1ccccc1NC(=O)NCCOc1cc(C)ccc1Cl. The van der Waals surface area contributed by atoms with Gasteiger partial charge in [0.05, 0.1) is 24.4 Å². The highest BCUT2D eigenvalue weighted by atomic mass is 35.5. The molecule has 0 atom stereocenters. The van der Waals surface area contributed by atoms with Crippen molar-refractivity contribution in [1.29, 1.82) is 0 Å². The number of methoxy groups -OCH3 is 1. The van der Waals surface area contributed by atoms with E-state index in [1.54, 1.807) is 25.3 Å². The fraction of sp³-hybridized carbons (Fsp3) is 0.235. The van der Waals surface area contributed by atoms with Crippen LogP contribution >= 0.6 is 11.6 Å². The van der Waals surface area contributed by atoms with Crippen LogP contribution in [0.2, 0.25) is 5.02 Å². The lowest BCUT2D eigenvalue weighted by Crippen LogP contribution is -2.32. The summed E-state index contributed by atoms with van der Waals surface area (Å²) in [5.41, 5.74) is 1.67. The monoisotopic (exact) mass is 334 g/mol. The van der Waals surface area contributed by atoms with Gasteiger partial charge in [0.2, 0.25) is 0 Å². The van der Waals surface area contributed by atoms with Crippen LogP contribution in [0.3, 0.4) is 0 Å². The van der Waals surface area contributed by atoms with Gasteiger partial charge >= 0.3 is 6.03 Å². The quantitative estimate of drug-likeness (QED) is 0.789. The molecule has 122 valence electrons. The first-order valence-corrected chi connectivity index (χ1v) is 7.55. The zero-order valence-corrected chi connectivity index (χ0v) is 13.8. The molecule has 0 saturated heterocycles. The summed E-state index contributed by atoms with van der Waals surface area (Å²) in [6, 6.07) is 12.4. The number of carbonyl (C=O) groups excluding carboxylic acids is 1. The standard InChI is InChI=1S/C17H19ClN2O3/c1-12-7-8-13(18)16(11-12)23-10-9-19-17(21)20-14-5-3-4-6-15(14)22-2/h3-8,11H,9-10H2,1-2H3,(H2,19,20,21). The van der Waals surface area contributed by atoms with Gasteiger partial charge in [-0.15, -0.1) is 0 Å². The fourth-order valence-corrected chi connectivity index (χ4v) is 2.13. The maximum atomic E-state index is 11.9. The molecule has 2 amide bonds. The molecule has 0 aliphatic rings. The van der Waals surface area contributed by atoms with Crippen LogP contribution in [-0.2, 0) is 0 Å². The summed E-state index contributed by atoms with van der Waals surface area (Å²) in [6.45, 7) is 2.63. The topological polar surface area (TPSA) is 59.6 Å². The fourth-order valence-electron chi connectivity index (χ4n) is 1.96. The van der Waals surface area contributed by atoms with Gasteiger partial charge in [-0.2, -0.15) is 0 Å². The van der Waals surface area contributed by atoms with Crippen molar-refractivity contribution in [2.75, 3.05) is 25.6 Å². The van der Waals surface area contributed by atoms with E-state index in [4.69, 9.17) is 21.1 Å². The number of benzene rings is 2. The Bertz CT molecular complexity index is 677. The molecule has 23 heavy (non-hydrogen) atoms. The minimum Gasteiger partial charge on any atom is -0.495 e. The van der Waals surface area contributed by atoms with E-state index in [-0.39, 0.29) is 6.03 Å². The number of carbonyl (C=O) groups is 1. The molecule has 0 spiro atoms. The van der Waals surface area contributed by atoms with Crippen molar-refractivity contribution in [1.82, 2.24) is 5.32 Å². The second-order valence-corrected chi connectivity index (χ2v) is 5.27. The lowest BCUT2D eigenvalue weighted by atomic mass is 10.2. The summed E-state index contributed by atoms with van der Waals surface area (Å²) in [6.07, 6.45) is 0. The van der Waals surface area contributed by atoms with E-state index in [0.717, 1.165) is 5.56 Å². The first-order chi connectivity index (χ1) is 11.1. The third-order valence-electron chi connectivity index (χ3n) is 3.09. The highest BCUT2D eigenvalue weighted by Gasteiger charge is 2.06. The minimum absolute atomic E-state index is 0.322.